The summed E-state index contributed by atoms with van der Waals surface area (Å²) in [4.78, 5) is 9.35. The van der Waals surface area contributed by atoms with Crippen LogP contribution in [-0.2, 0) is 13.6 Å². The summed E-state index contributed by atoms with van der Waals surface area (Å²) < 4.78 is 20.8. The van der Waals surface area contributed by atoms with Gasteiger partial charge in [-0.25, -0.2) is 4.57 Å². The molecule has 0 saturated heterocycles. The van der Waals surface area contributed by atoms with Crippen LogP contribution >= 0.6 is 7.82 Å². The van der Waals surface area contributed by atoms with E-state index < -0.39 is 7.82 Å². The minimum Gasteiger partial charge on any atom is -0.462 e. The van der Waals surface area contributed by atoms with E-state index in [-0.39, 0.29) is 12.4 Å². The molecule has 0 saturated carbocycles. The molecular weight excluding hydrogens is 305 g/mol. The van der Waals surface area contributed by atoms with Crippen molar-refractivity contribution >= 4 is 7.82 Å². The molecule has 0 radical (unpaired) electrons. The van der Waals surface area contributed by atoms with Crippen molar-refractivity contribution in [1.29, 1.82) is 0 Å². The van der Waals surface area contributed by atoms with E-state index in [0.29, 0.717) is 6.42 Å². The number of nitrogens with two attached hydrogens (primary N) is 1. The van der Waals surface area contributed by atoms with E-state index in [4.69, 9.17) is 15.4 Å². The highest BCUT2D eigenvalue weighted by Crippen LogP contribution is 2.45. The van der Waals surface area contributed by atoms with E-state index in [1.54, 1.807) is 0 Å². The van der Waals surface area contributed by atoms with E-state index in [1.807, 2.05) is 5.92 Å². The first-order chi connectivity index (χ1) is 10.5. The van der Waals surface area contributed by atoms with Crippen LogP contribution in [-0.4, -0.2) is 23.2 Å². The van der Waals surface area contributed by atoms with E-state index in [2.05, 4.69) is 11.1 Å². The fraction of sp³-hybridized carbons (Fsp3) is 0.733. The smallest absolute Gasteiger partial charge is 0.462 e. The van der Waals surface area contributed by atoms with Crippen LogP contribution in [0.3, 0.4) is 0 Å². The van der Waals surface area contributed by atoms with Crippen LogP contribution in [0.4, 0.5) is 0 Å². The Kier molecular flexibility index (Phi) is 13.0. The summed E-state index contributed by atoms with van der Waals surface area (Å²) in [7, 11) is -4.18. The van der Waals surface area contributed by atoms with E-state index in [9.17, 15) is 9.46 Å². The van der Waals surface area contributed by atoms with Crippen molar-refractivity contribution in [3.63, 3.8) is 0 Å². The first kappa shape index (κ1) is 21.0. The number of phosphoric ester groups is 1. The molecule has 0 aliphatic heterocycles. The van der Waals surface area contributed by atoms with Crippen molar-refractivity contribution in [1.82, 2.24) is 0 Å². The number of rotatable bonds is 14. The minimum atomic E-state index is -4.18. The van der Waals surface area contributed by atoms with E-state index >= 15 is 0 Å². The fourth-order valence-corrected chi connectivity index (χ4v) is 2.65. The molecule has 0 aromatic rings. The second-order valence-corrected chi connectivity index (χ2v) is 6.40. The molecule has 0 fully saturated rings. The molecule has 0 aromatic carbocycles. The lowest BCUT2D eigenvalue weighted by molar-refractivity contribution is 0.179. The predicted molar refractivity (Wildman–Crippen MR) is 86.3 cm³/mol. The maximum atomic E-state index is 11.5. The summed E-state index contributed by atoms with van der Waals surface area (Å²) in [5.41, 5.74) is 5.43. The number of allylic oxidation sites excluding steroid dienone is 1. The average molecular weight is 333 g/mol. The molecule has 0 heterocycles. The van der Waals surface area contributed by atoms with Crippen molar-refractivity contribution in [2.45, 2.75) is 57.8 Å². The van der Waals surface area contributed by atoms with E-state index in [0.717, 1.165) is 25.8 Å². The zero-order chi connectivity index (χ0) is 16.7. The summed E-state index contributed by atoms with van der Waals surface area (Å²) in [6.07, 6.45) is 11.4. The summed E-state index contributed by atoms with van der Waals surface area (Å²) in [5.74, 6) is 1.71. The Morgan fingerprint density at radius 2 is 1.55 bits per heavy atom. The summed E-state index contributed by atoms with van der Waals surface area (Å²) in [6, 6.07) is 0. The molecule has 0 amide bonds. The molecule has 4 N–H and O–H groups in total. The van der Waals surface area contributed by atoms with Crippen LogP contribution in [0.15, 0.2) is 12.3 Å². The van der Waals surface area contributed by atoms with Gasteiger partial charge in [0.25, 0.3) is 0 Å². The molecular formula is C15H28NO5P. The van der Waals surface area contributed by atoms with Gasteiger partial charge in [0.05, 0.1) is 6.61 Å². The fourth-order valence-electron chi connectivity index (χ4n) is 1.91. The summed E-state index contributed by atoms with van der Waals surface area (Å²) >= 11 is 0. The van der Waals surface area contributed by atoms with Crippen LogP contribution in [0.2, 0.25) is 0 Å². The molecule has 7 heteroatoms. The zero-order valence-electron chi connectivity index (χ0n) is 13.1. The Morgan fingerprint density at radius 3 is 2.05 bits per heavy atom. The van der Waals surface area contributed by atoms with Gasteiger partial charge in [-0.15, -0.1) is 0 Å². The molecule has 1 atom stereocenters. The molecule has 0 rings (SSSR count). The van der Waals surface area contributed by atoms with Gasteiger partial charge in [-0.2, -0.15) is 0 Å². The van der Waals surface area contributed by atoms with Gasteiger partial charge in [-0.1, -0.05) is 44.9 Å². The lowest BCUT2D eigenvalue weighted by Gasteiger charge is -2.11. The minimum absolute atomic E-state index is 0.143. The Balaban J connectivity index is 3.46. The Bertz CT molecular complexity index is 402. The lowest BCUT2D eigenvalue weighted by atomic mass is 10.1. The summed E-state index contributed by atoms with van der Waals surface area (Å²) in [5, 5.41) is 8.29. The van der Waals surface area contributed by atoms with Crippen LogP contribution in [0, 0.1) is 12.0 Å². The third-order valence-electron chi connectivity index (χ3n) is 3.02. The second-order valence-electron chi connectivity index (χ2n) is 5.02. The Morgan fingerprint density at radius 1 is 1.05 bits per heavy atom. The van der Waals surface area contributed by atoms with Crippen molar-refractivity contribution in [2.75, 3.05) is 13.2 Å². The maximum Gasteiger partial charge on any atom is 0.528 e. The molecule has 0 aliphatic rings. The van der Waals surface area contributed by atoms with Gasteiger partial charge in [0.1, 0.15) is 6.11 Å². The largest absolute Gasteiger partial charge is 0.528 e. The van der Waals surface area contributed by atoms with Gasteiger partial charge < -0.3 is 15.4 Å². The highest BCUT2D eigenvalue weighted by Gasteiger charge is 2.22. The molecule has 0 aromatic heterocycles. The Hall–Kier alpha value is -0.990. The van der Waals surface area contributed by atoms with Gasteiger partial charge in [0, 0.05) is 5.92 Å². The molecule has 1 unspecified atom stereocenters. The SMILES string of the molecule is C=C(C#CO)OP(=O)(O)OCCCCCCCCCCCN. The maximum absolute atomic E-state index is 11.5. The highest BCUT2D eigenvalue weighted by molar-refractivity contribution is 7.47. The number of hydrogen-bond acceptors (Lipinski definition) is 5. The van der Waals surface area contributed by atoms with Gasteiger partial charge >= 0.3 is 7.82 Å². The molecule has 6 nitrogen and oxygen atoms in total. The number of aliphatic hydroxyl groups is 1. The van der Waals surface area contributed by atoms with Gasteiger partial charge in [-0.3, -0.25) is 9.42 Å². The Labute approximate surface area is 133 Å². The van der Waals surface area contributed by atoms with Crippen molar-refractivity contribution < 1.29 is 23.6 Å². The average Bonchev–Trinajstić information content (AvgIpc) is 2.44. The second kappa shape index (κ2) is 13.7. The zero-order valence-corrected chi connectivity index (χ0v) is 14.0. The number of phosphoric acid groups is 1. The predicted octanol–water partition coefficient (Wildman–Crippen LogP) is 3.44. The van der Waals surface area contributed by atoms with Crippen molar-refractivity contribution in [3.8, 4) is 12.0 Å². The van der Waals surface area contributed by atoms with Crippen LogP contribution in [0.25, 0.3) is 0 Å². The number of unbranched alkanes of at least 4 members (excludes halogenated alkanes) is 8. The first-order valence-electron chi connectivity index (χ1n) is 7.73. The molecule has 0 bridgehead atoms. The lowest BCUT2D eigenvalue weighted by Crippen LogP contribution is -1.97. The van der Waals surface area contributed by atoms with Gasteiger partial charge in [0.2, 0.25) is 0 Å². The molecule has 128 valence electrons. The van der Waals surface area contributed by atoms with Gasteiger partial charge in [0.15, 0.2) is 5.76 Å². The number of hydrogen-bond donors (Lipinski definition) is 3. The van der Waals surface area contributed by atoms with Gasteiger partial charge in [-0.05, 0) is 26.0 Å². The highest BCUT2D eigenvalue weighted by atomic mass is 31.2. The van der Waals surface area contributed by atoms with Crippen LogP contribution < -0.4 is 5.73 Å². The topological polar surface area (TPSA) is 102 Å². The third kappa shape index (κ3) is 14.0. The van der Waals surface area contributed by atoms with E-state index in [1.165, 1.54) is 38.2 Å². The van der Waals surface area contributed by atoms with Crippen LogP contribution in [0.1, 0.15) is 57.8 Å². The molecule has 0 aliphatic carbocycles. The number of aliphatic hydroxyl groups excluding tert-OH is 1. The first-order valence-corrected chi connectivity index (χ1v) is 9.22. The quantitative estimate of drug-likeness (QED) is 0.195. The normalized spacial score (nSPS) is 13.0. The standard InChI is InChI=1S/C15H28NO5P/c1-15(11-13-17)21-22(18,19)20-14-10-8-6-4-2-3-5-7-9-12-16/h17H,1-10,12,14,16H2,(H,18,19). The monoisotopic (exact) mass is 333 g/mol. The molecule has 22 heavy (non-hydrogen) atoms. The summed E-state index contributed by atoms with van der Waals surface area (Å²) in [6.45, 7) is 4.18. The van der Waals surface area contributed by atoms with Crippen LogP contribution in [0.5, 0.6) is 0 Å². The third-order valence-corrected chi connectivity index (χ3v) is 3.98. The molecule has 0 spiro atoms. The van der Waals surface area contributed by atoms with Crippen molar-refractivity contribution in [2.24, 2.45) is 5.73 Å². The van der Waals surface area contributed by atoms with Crippen molar-refractivity contribution in [3.05, 3.63) is 12.3 Å².